The fourth-order valence-electron chi connectivity index (χ4n) is 5.19. The van der Waals surface area contributed by atoms with E-state index in [0.717, 1.165) is 18.2 Å². The topological polar surface area (TPSA) is 90.4 Å². The third kappa shape index (κ3) is 3.54. The van der Waals surface area contributed by atoms with E-state index in [4.69, 9.17) is 5.73 Å². The lowest BCUT2D eigenvalue weighted by Crippen LogP contribution is -2.55. The van der Waals surface area contributed by atoms with Gasteiger partial charge in [-0.25, -0.2) is 13.2 Å². The molecule has 9 heteroatoms. The molecule has 0 aromatic heterocycles. The summed E-state index contributed by atoms with van der Waals surface area (Å²) in [6, 6.07) is 2.61. The number of halogens is 3. The van der Waals surface area contributed by atoms with Crippen LogP contribution in [0.2, 0.25) is 0 Å². The molecular weight excluding hydrogens is 397 g/mol. The van der Waals surface area contributed by atoms with Crippen LogP contribution < -0.4 is 5.73 Å². The number of carbonyl (C=O) groups excluding carboxylic acids is 2. The first-order valence-electron chi connectivity index (χ1n) is 10.2. The van der Waals surface area contributed by atoms with Crippen LogP contribution in [0, 0.1) is 28.9 Å². The van der Waals surface area contributed by atoms with Crippen molar-refractivity contribution in [2.75, 3.05) is 6.54 Å². The standard InChI is InChI=1S/C21H23F3N4O2/c22-12-1-4-18(24)17(8-12)20(29)28-14-2-3-15(28)6-11(5-14)19(26)21(30)27-10-13(23)7-16(27)9-25/h1,4,8,11,13-16,19H,2-3,5-7,10,26H2/t11?,13-,14?,15?,16-,19-/m0/s1. The molecule has 5 atom stereocenters. The van der Waals surface area contributed by atoms with Crippen molar-refractivity contribution < 1.29 is 22.8 Å². The van der Waals surface area contributed by atoms with Gasteiger partial charge in [-0.2, -0.15) is 5.26 Å². The first-order chi connectivity index (χ1) is 14.3. The van der Waals surface area contributed by atoms with Gasteiger partial charge in [-0.3, -0.25) is 9.59 Å². The highest BCUT2D eigenvalue weighted by atomic mass is 19.1. The van der Waals surface area contributed by atoms with Crippen LogP contribution in [0.1, 0.15) is 42.5 Å². The number of likely N-dealkylation sites (tertiary alicyclic amines) is 1. The summed E-state index contributed by atoms with van der Waals surface area (Å²) in [5, 5.41) is 9.18. The number of benzene rings is 1. The molecular formula is C21H23F3N4O2. The van der Waals surface area contributed by atoms with E-state index in [-0.39, 0.29) is 36.5 Å². The van der Waals surface area contributed by atoms with Gasteiger partial charge in [0.2, 0.25) is 5.91 Å². The Bertz CT molecular complexity index is 891. The Morgan fingerprint density at radius 2 is 1.83 bits per heavy atom. The summed E-state index contributed by atoms with van der Waals surface area (Å²) < 4.78 is 41.3. The van der Waals surface area contributed by atoms with E-state index in [1.165, 1.54) is 4.90 Å². The van der Waals surface area contributed by atoms with Gasteiger partial charge in [-0.15, -0.1) is 0 Å². The largest absolute Gasteiger partial charge is 0.333 e. The lowest BCUT2D eigenvalue weighted by Gasteiger charge is -2.41. The van der Waals surface area contributed by atoms with Gasteiger partial charge in [0.1, 0.15) is 23.8 Å². The van der Waals surface area contributed by atoms with E-state index in [2.05, 4.69) is 0 Å². The molecule has 2 N–H and O–H groups in total. The van der Waals surface area contributed by atoms with Crippen LogP contribution in [0.3, 0.4) is 0 Å². The van der Waals surface area contributed by atoms with Crippen LogP contribution in [-0.2, 0) is 4.79 Å². The Kier molecular flexibility index (Phi) is 5.45. The zero-order valence-electron chi connectivity index (χ0n) is 16.3. The zero-order chi connectivity index (χ0) is 21.6. The predicted molar refractivity (Wildman–Crippen MR) is 101 cm³/mol. The molecule has 3 aliphatic rings. The van der Waals surface area contributed by atoms with Crippen LogP contribution in [0.15, 0.2) is 18.2 Å². The molecule has 2 unspecified atom stereocenters. The van der Waals surface area contributed by atoms with Crippen molar-refractivity contribution in [3.8, 4) is 6.07 Å². The van der Waals surface area contributed by atoms with Crippen LogP contribution in [-0.4, -0.2) is 58.5 Å². The highest BCUT2D eigenvalue weighted by Crippen LogP contribution is 2.41. The molecule has 2 amide bonds. The molecule has 1 aromatic rings. The van der Waals surface area contributed by atoms with Crippen LogP contribution in [0.25, 0.3) is 0 Å². The fourth-order valence-corrected chi connectivity index (χ4v) is 5.19. The van der Waals surface area contributed by atoms with Gasteiger partial charge in [-0.1, -0.05) is 0 Å². The van der Waals surface area contributed by atoms with E-state index >= 15 is 0 Å². The molecule has 1 aromatic carbocycles. The molecule has 0 radical (unpaired) electrons. The summed E-state index contributed by atoms with van der Waals surface area (Å²) in [4.78, 5) is 28.5. The summed E-state index contributed by atoms with van der Waals surface area (Å²) in [5.41, 5.74) is 5.93. The molecule has 3 fully saturated rings. The summed E-state index contributed by atoms with van der Waals surface area (Å²) in [5.74, 6) is -2.68. The number of rotatable bonds is 3. The maximum atomic E-state index is 14.1. The Balaban J connectivity index is 1.47. The lowest BCUT2D eigenvalue weighted by atomic mass is 9.84. The monoisotopic (exact) mass is 420 g/mol. The minimum absolute atomic E-state index is 0.00758. The van der Waals surface area contributed by atoms with Crippen molar-refractivity contribution in [3.63, 3.8) is 0 Å². The van der Waals surface area contributed by atoms with E-state index < -0.39 is 41.7 Å². The Hall–Kier alpha value is -2.60. The van der Waals surface area contributed by atoms with Crippen molar-refractivity contribution >= 4 is 11.8 Å². The number of nitrogens with two attached hydrogens (primary N) is 1. The molecule has 3 aliphatic heterocycles. The van der Waals surface area contributed by atoms with Crippen molar-refractivity contribution in [2.45, 2.75) is 62.4 Å². The second-order valence-corrected chi connectivity index (χ2v) is 8.45. The van der Waals surface area contributed by atoms with Gasteiger partial charge in [0.05, 0.1) is 24.2 Å². The molecule has 0 spiro atoms. The third-order valence-electron chi connectivity index (χ3n) is 6.64. The normalized spacial score (nSPS) is 31.5. The molecule has 0 aliphatic carbocycles. The van der Waals surface area contributed by atoms with E-state index in [1.807, 2.05) is 6.07 Å². The molecule has 30 heavy (non-hydrogen) atoms. The SMILES string of the molecule is N#C[C@@H]1C[C@H](F)CN1C(=O)[C@@H](N)C1CC2CCC(C1)N2C(=O)c1cc(F)ccc1F. The highest BCUT2D eigenvalue weighted by molar-refractivity contribution is 5.95. The van der Waals surface area contributed by atoms with E-state index in [1.54, 1.807) is 4.90 Å². The average molecular weight is 420 g/mol. The predicted octanol–water partition coefficient (Wildman–Crippen LogP) is 2.14. The highest BCUT2D eigenvalue weighted by Gasteiger charge is 2.48. The van der Waals surface area contributed by atoms with Crippen molar-refractivity contribution in [1.82, 2.24) is 9.80 Å². The maximum absolute atomic E-state index is 14.1. The second kappa shape index (κ2) is 7.91. The molecule has 0 saturated carbocycles. The van der Waals surface area contributed by atoms with Crippen molar-refractivity contribution in [2.24, 2.45) is 11.7 Å². The number of alkyl halides is 1. The number of carbonyl (C=O) groups is 2. The number of amides is 2. The zero-order valence-corrected chi connectivity index (χ0v) is 16.3. The number of fused-ring (bicyclic) bond motifs is 2. The molecule has 6 nitrogen and oxygen atoms in total. The van der Waals surface area contributed by atoms with Crippen LogP contribution >= 0.6 is 0 Å². The second-order valence-electron chi connectivity index (χ2n) is 8.45. The molecule has 3 heterocycles. The molecule has 4 rings (SSSR count). The van der Waals surface area contributed by atoms with Gasteiger partial charge in [0.15, 0.2) is 0 Å². The number of hydrogen-bond acceptors (Lipinski definition) is 4. The Labute approximate surface area is 172 Å². The lowest BCUT2D eigenvalue weighted by molar-refractivity contribution is -0.134. The van der Waals surface area contributed by atoms with Gasteiger partial charge in [0, 0.05) is 18.5 Å². The summed E-state index contributed by atoms with van der Waals surface area (Å²) in [6.45, 7) is -0.131. The fraction of sp³-hybridized carbons (Fsp3) is 0.571. The minimum Gasteiger partial charge on any atom is -0.333 e. The molecule has 2 bridgehead atoms. The maximum Gasteiger partial charge on any atom is 0.257 e. The van der Waals surface area contributed by atoms with Gasteiger partial charge >= 0.3 is 0 Å². The third-order valence-corrected chi connectivity index (χ3v) is 6.64. The average Bonchev–Trinajstić information content (AvgIpc) is 3.24. The Morgan fingerprint density at radius 3 is 2.47 bits per heavy atom. The minimum atomic E-state index is -1.23. The van der Waals surface area contributed by atoms with Gasteiger partial charge in [0.25, 0.3) is 5.91 Å². The number of piperidine rings is 1. The number of nitrogens with zero attached hydrogens (tertiary/aromatic N) is 3. The quantitative estimate of drug-likeness (QED) is 0.811. The van der Waals surface area contributed by atoms with Crippen LogP contribution in [0.5, 0.6) is 0 Å². The van der Waals surface area contributed by atoms with Gasteiger partial charge < -0.3 is 15.5 Å². The number of nitriles is 1. The number of hydrogen-bond donors (Lipinski definition) is 1. The smallest absolute Gasteiger partial charge is 0.257 e. The molecule has 160 valence electrons. The first kappa shape index (κ1) is 20.7. The molecule has 3 saturated heterocycles. The van der Waals surface area contributed by atoms with E-state index in [9.17, 15) is 28.0 Å². The summed E-state index contributed by atoms with van der Waals surface area (Å²) in [7, 11) is 0. The van der Waals surface area contributed by atoms with Gasteiger partial charge in [-0.05, 0) is 49.8 Å². The first-order valence-corrected chi connectivity index (χ1v) is 10.2. The summed E-state index contributed by atoms with van der Waals surface area (Å²) >= 11 is 0. The van der Waals surface area contributed by atoms with E-state index in [0.29, 0.717) is 25.7 Å². The summed E-state index contributed by atoms with van der Waals surface area (Å²) in [6.07, 6.45) is 1.06. The van der Waals surface area contributed by atoms with Crippen LogP contribution in [0.4, 0.5) is 13.2 Å². The van der Waals surface area contributed by atoms with Crippen molar-refractivity contribution in [1.29, 1.82) is 5.26 Å². The van der Waals surface area contributed by atoms with Crippen molar-refractivity contribution in [3.05, 3.63) is 35.4 Å². The Morgan fingerprint density at radius 1 is 1.17 bits per heavy atom.